The van der Waals surface area contributed by atoms with Gasteiger partial charge in [0.25, 0.3) is 0 Å². The van der Waals surface area contributed by atoms with Crippen LogP contribution in [0.5, 0.6) is 0 Å². The molecule has 2 aliphatic rings. The Morgan fingerprint density at radius 1 is 1.06 bits per heavy atom. The maximum atomic E-state index is 13.2. The summed E-state index contributed by atoms with van der Waals surface area (Å²) in [5.74, 6) is -0.316. The Kier molecular flexibility index (Phi) is 8.66. The molecule has 0 bridgehead atoms. The summed E-state index contributed by atoms with van der Waals surface area (Å²) in [5.41, 5.74) is 10.8. The monoisotopic (exact) mass is 477 g/mol. The van der Waals surface area contributed by atoms with Crippen molar-refractivity contribution in [3.05, 3.63) is 70.3 Å². The Morgan fingerprint density at radius 2 is 1.80 bits per heavy atom. The van der Waals surface area contributed by atoms with Gasteiger partial charge in [0.2, 0.25) is 0 Å². The zero-order chi connectivity index (χ0) is 24.6. The number of hydrogen-bond donors (Lipinski definition) is 1. The van der Waals surface area contributed by atoms with Crippen LogP contribution in [0.3, 0.4) is 0 Å². The van der Waals surface area contributed by atoms with Crippen LogP contribution in [0.4, 0.5) is 0 Å². The number of ketones is 1. The molecule has 1 heterocycles. The number of nitrogens with zero attached hydrogens (tertiary/aromatic N) is 2. The fourth-order valence-corrected chi connectivity index (χ4v) is 4.82. The first-order valence-corrected chi connectivity index (χ1v) is 12.5. The molecule has 2 unspecified atom stereocenters. The Balaban J connectivity index is 1.41. The standard InChI is InChI=1S/C28H35N3O4/c1-34-15-16-35-26(32)18-23-11-9-21-10-12-24(17-25(21)27(23)29)28(33)22-7-5-20(6-8-22)19-30-31-13-3-2-4-14-31/h5-8,10,12,17,19,23,27H,2-4,9,11,13-16,18,29H2,1H3. The molecule has 1 fully saturated rings. The number of nitrogens with two attached hydrogens (primary N) is 1. The van der Waals surface area contributed by atoms with Gasteiger partial charge in [-0.15, -0.1) is 0 Å². The zero-order valence-corrected chi connectivity index (χ0v) is 20.4. The maximum Gasteiger partial charge on any atom is 0.306 e. The van der Waals surface area contributed by atoms with Crippen LogP contribution in [0.1, 0.15) is 70.8 Å². The van der Waals surface area contributed by atoms with Gasteiger partial charge >= 0.3 is 5.97 Å². The van der Waals surface area contributed by atoms with Gasteiger partial charge in [-0.1, -0.05) is 36.4 Å². The average molecular weight is 478 g/mol. The molecular weight excluding hydrogens is 442 g/mol. The van der Waals surface area contributed by atoms with E-state index in [9.17, 15) is 9.59 Å². The predicted molar refractivity (Wildman–Crippen MR) is 136 cm³/mol. The number of piperidine rings is 1. The number of carbonyl (C=O) groups is 2. The molecule has 0 radical (unpaired) electrons. The number of rotatable bonds is 9. The summed E-state index contributed by atoms with van der Waals surface area (Å²) in [6.45, 7) is 2.63. The van der Waals surface area contributed by atoms with E-state index in [0.717, 1.165) is 42.6 Å². The third-order valence-corrected chi connectivity index (χ3v) is 6.91. The van der Waals surface area contributed by atoms with Crippen LogP contribution in [-0.2, 0) is 20.7 Å². The summed E-state index contributed by atoms with van der Waals surface area (Å²) in [5, 5.41) is 6.66. The van der Waals surface area contributed by atoms with Gasteiger partial charge in [-0.05, 0) is 60.8 Å². The van der Waals surface area contributed by atoms with Crippen molar-refractivity contribution in [3.8, 4) is 0 Å². The van der Waals surface area contributed by atoms with Gasteiger partial charge in [0.05, 0.1) is 19.2 Å². The minimum atomic E-state index is -0.310. The number of hydrazone groups is 1. The Morgan fingerprint density at radius 3 is 2.54 bits per heavy atom. The zero-order valence-electron chi connectivity index (χ0n) is 20.4. The Labute approximate surface area is 207 Å². The molecule has 2 aromatic carbocycles. The van der Waals surface area contributed by atoms with Crippen molar-refractivity contribution in [2.75, 3.05) is 33.4 Å². The quantitative estimate of drug-likeness (QED) is 0.255. The number of hydrogen-bond acceptors (Lipinski definition) is 7. The first-order valence-electron chi connectivity index (χ1n) is 12.5. The van der Waals surface area contributed by atoms with Crippen molar-refractivity contribution in [2.24, 2.45) is 16.8 Å². The molecule has 35 heavy (non-hydrogen) atoms. The SMILES string of the molecule is COCCOC(=O)CC1CCc2ccc(C(=O)c3ccc(C=NN4CCCCC4)cc3)cc2C1N. The van der Waals surface area contributed by atoms with Gasteiger partial charge in [0.15, 0.2) is 5.78 Å². The van der Waals surface area contributed by atoms with Gasteiger partial charge in [-0.3, -0.25) is 14.6 Å². The van der Waals surface area contributed by atoms with Crippen LogP contribution >= 0.6 is 0 Å². The molecule has 0 spiro atoms. The minimum Gasteiger partial charge on any atom is -0.463 e. The highest BCUT2D eigenvalue weighted by Gasteiger charge is 2.29. The van der Waals surface area contributed by atoms with E-state index < -0.39 is 0 Å². The molecule has 1 saturated heterocycles. The number of esters is 1. The lowest BCUT2D eigenvalue weighted by Crippen LogP contribution is -2.30. The fourth-order valence-electron chi connectivity index (χ4n) is 4.82. The molecular formula is C28H35N3O4. The fraction of sp³-hybridized carbons (Fsp3) is 0.464. The number of aryl methyl sites for hydroxylation is 1. The Bertz CT molecular complexity index is 1040. The lowest BCUT2D eigenvalue weighted by atomic mass is 9.77. The summed E-state index contributed by atoms with van der Waals surface area (Å²) in [6.07, 6.45) is 7.43. The first-order chi connectivity index (χ1) is 17.0. The van der Waals surface area contributed by atoms with E-state index in [4.69, 9.17) is 15.2 Å². The smallest absolute Gasteiger partial charge is 0.306 e. The lowest BCUT2D eigenvalue weighted by molar-refractivity contribution is -0.146. The van der Waals surface area contributed by atoms with Gasteiger partial charge in [-0.2, -0.15) is 5.10 Å². The predicted octanol–water partition coefficient (Wildman–Crippen LogP) is 3.88. The topological polar surface area (TPSA) is 94.2 Å². The van der Waals surface area contributed by atoms with E-state index in [1.807, 2.05) is 48.7 Å². The van der Waals surface area contributed by atoms with Crippen molar-refractivity contribution in [1.82, 2.24) is 5.01 Å². The molecule has 0 amide bonds. The lowest BCUT2D eigenvalue weighted by Gasteiger charge is -2.31. The highest BCUT2D eigenvalue weighted by molar-refractivity contribution is 6.09. The molecule has 2 aromatic rings. The summed E-state index contributed by atoms with van der Waals surface area (Å²) >= 11 is 0. The largest absolute Gasteiger partial charge is 0.463 e. The van der Waals surface area contributed by atoms with Crippen LogP contribution in [0.25, 0.3) is 0 Å². The second kappa shape index (κ2) is 12.1. The van der Waals surface area contributed by atoms with Crippen molar-refractivity contribution >= 4 is 18.0 Å². The molecule has 1 aliphatic heterocycles. The second-order valence-electron chi connectivity index (χ2n) is 9.37. The summed E-state index contributed by atoms with van der Waals surface area (Å²) in [6, 6.07) is 13.0. The summed E-state index contributed by atoms with van der Waals surface area (Å²) in [7, 11) is 1.57. The van der Waals surface area contributed by atoms with Gasteiger partial charge in [0.1, 0.15) is 6.61 Å². The highest BCUT2D eigenvalue weighted by atomic mass is 16.6. The van der Waals surface area contributed by atoms with E-state index in [-0.39, 0.29) is 36.7 Å². The third-order valence-electron chi connectivity index (χ3n) is 6.91. The molecule has 4 rings (SSSR count). The molecule has 7 heteroatoms. The Hall–Kier alpha value is -3.03. The average Bonchev–Trinajstić information content (AvgIpc) is 2.89. The van der Waals surface area contributed by atoms with Crippen molar-refractivity contribution < 1.29 is 19.1 Å². The van der Waals surface area contributed by atoms with E-state index >= 15 is 0 Å². The van der Waals surface area contributed by atoms with Crippen LogP contribution in [-0.4, -0.2) is 56.4 Å². The number of carbonyl (C=O) groups excluding carboxylic acids is 2. The van der Waals surface area contributed by atoms with Crippen molar-refractivity contribution in [3.63, 3.8) is 0 Å². The van der Waals surface area contributed by atoms with E-state index in [0.29, 0.717) is 17.7 Å². The molecule has 7 nitrogen and oxygen atoms in total. The van der Waals surface area contributed by atoms with Crippen LogP contribution < -0.4 is 5.73 Å². The van der Waals surface area contributed by atoms with Gasteiger partial charge in [-0.25, -0.2) is 0 Å². The van der Waals surface area contributed by atoms with Crippen LogP contribution in [0.15, 0.2) is 47.6 Å². The van der Waals surface area contributed by atoms with E-state index in [1.165, 1.54) is 19.3 Å². The van der Waals surface area contributed by atoms with Gasteiger partial charge < -0.3 is 15.2 Å². The molecule has 186 valence electrons. The molecule has 0 aromatic heterocycles. The molecule has 2 atom stereocenters. The highest BCUT2D eigenvalue weighted by Crippen LogP contribution is 2.35. The van der Waals surface area contributed by atoms with Crippen LogP contribution in [0.2, 0.25) is 0 Å². The number of fused-ring (bicyclic) bond motifs is 1. The van der Waals surface area contributed by atoms with E-state index in [1.54, 1.807) is 7.11 Å². The third kappa shape index (κ3) is 6.55. The first kappa shape index (κ1) is 25.1. The van der Waals surface area contributed by atoms with Crippen molar-refractivity contribution in [1.29, 1.82) is 0 Å². The summed E-state index contributed by atoms with van der Waals surface area (Å²) < 4.78 is 10.1. The number of methoxy groups -OCH3 is 1. The van der Waals surface area contributed by atoms with E-state index in [2.05, 4.69) is 10.1 Å². The number of benzene rings is 2. The number of ether oxygens (including phenoxy) is 2. The normalized spacial score (nSPS) is 20.0. The molecule has 2 N–H and O–H groups in total. The maximum absolute atomic E-state index is 13.2. The van der Waals surface area contributed by atoms with Gasteiger partial charge in [0, 0.05) is 37.4 Å². The van der Waals surface area contributed by atoms with Crippen molar-refractivity contribution in [2.45, 2.75) is 44.6 Å². The minimum absolute atomic E-state index is 0.0126. The second-order valence-corrected chi connectivity index (χ2v) is 9.37. The summed E-state index contributed by atoms with van der Waals surface area (Å²) in [4.78, 5) is 25.4. The van der Waals surface area contributed by atoms with Crippen LogP contribution in [0, 0.1) is 5.92 Å². The molecule has 1 aliphatic carbocycles. The molecule has 0 saturated carbocycles.